The van der Waals surface area contributed by atoms with Gasteiger partial charge in [0, 0.05) is 4.88 Å². The molecule has 0 saturated carbocycles. The van der Waals surface area contributed by atoms with Crippen LogP contribution in [-0.4, -0.2) is 22.6 Å². The van der Waals surface area contributed by atoms with Crippen molar-refractivity contribution in [1.29, 1.82) is 0 Å². The normalized spacial score (nSPS) is 11.9. The summed E-state index contributed by atoms with van der Waals surface area (Å²) < 4.78 is 5.93. The summed E-state index contributed by atoms with van der Waals surface area (Å²) in [5.74, 6) is -0.934. The van der Waals surface area contributed by atoms with Crippen LogP contribution in [0.3, 0.4) is 0 Å². The van der Waals surface area contributed by atoms with Gasteiger partial charge in [-0.15, -0.1) is 11.3 Å². The van der Waals surface area contributed by atoms with Crippen molar-refractivity contribution in [1.82, 2.24) is 0 Å². The summed E-state index contributed by atoms with van der Waals surface area (Å²) in [4.78, 5) is 29.1. The standard InChI is InChI=1S/C31H29O3PS/c1-31(2,3)34-30(33)29(28(32)22-21-27-20-13-23-36-27)35(24-14-7-4-8-15-24,25-16-9-5-10-17-25)26-18-11-6-12-19-26/h4-23H,1-3H3/b22-21+. The monoisotopic (exact) mass is 512 g/mol. The molecule has 0 radical (unpaired) electrons. The smallest absolute Gasteiger partial charge is 0.343 e. The molecule has 0 spiro atoms. The molecule has 5 heteroatoms. The van der Waals surface area contributed by atoms with Gasteiger partial charge in [0.15, 0.2) is 5.78 Å². The zero-order valence-electron chi connectivity index (χ0n) is 20.6. The molecule has 3 aromatic carbocycles. The van der Waals surface area contributed by atoms with Crippen LogP contribution in [0.25, 0.3) is 6.08 Å². The molecular formula is C31H29O3PS. The van der Waals surface area contributed by atoms with Gasteiger partial charge >= 0.3 is 5.97 Å². The first kappa shape index (κ1) is 25.6. The van der Waals surface area contributed by atoms with Gasteiger partial charge in [-0.3, -0.25) is 4.79 Å². The van der Waals surface area contributed by atoms with Crippen LogP contribution in [0.4, 0.5) is 0 Å². The second-order valence-corrected chi connectivity index (χ2v) is 13.6. The van der Waals surface area contributed by atoms with E-state index in [0.29, 0.717) is 0 Å². The van der Waals surface area contributed by atoms with Crippen molar-refractivity contribution in [3.63, 3.8) is 0 Å². The van der Waals surface area contributed by atoms with Crippen molar-refractivity contribution >= 4 is 57.3 Å². The van der Waals surface area contributed by atoms with E-state index in [4.69, 9.17) is 4.74 Å². The van der Waals surface area contributed by atoms with Gasteiger partial charge in [-0.1, -0.05) is 97.1 Å². The SMILES string of the molecule is CC(C)(C)OC(=O)C(C(=O)/C=C/c1cccs1)=P(c1ccccc1)(c1ccccc1)c1ccccc1. The van der Waals surface area contributed by atoms with Gasteiger partial charge in [-0.25, -0.2) is 4.79 Å². The number of thiophene rings is 1. The molecule has 4 rings (SSSR count). The predicted octanol–water partition coefficient (Wildman–Crippen LogP) is 5.84. The number of ketones is 1. The van der Waals surface area contributed by atoms with Crippen LogP contribution in [0.15, 0.2) is 115 Å². The van der Waals surface area contributed by atoms with Crippen LogP contribution in [0.2, 0.25) is 0 Å². The quantitative estimate of drug-likeness (QED) is 0.135. The molecule has 1 aromatic heterocycles. The average Bonchev–Trinajstić information content (AvgIpc) is 3.40. The Hall–Kier alpha value is -3.46. The molecule has 3 nitrogen and oxygen atoms in total. The van der Waals surface area contributed by atoms with E-state index < -0.39 is 18.5 Å². The molecule has 0 aliphatic rings. The molecule has 4 aromatic rings. The first-order valence-corrected chi connectivity index (χ1v) is 14.4. The molecule has 0 aliphatic carbocycles. The van der Waals surface area contributed by atoms with Crippen LogP contribution in [-0.2, 0) is 14.3 Å². The Balaban J connectivity index is 2.17. The zero-order chi connectivity index (χ0) is 25.6. The Bertz CT molecular complexity index is 1300. The van der Waals surface area contributed by atoms with Crippen molar-refractivity contribution in [3.8, 4) is 0 Å². The molecule has 0 bridgehead atoms. The second-order valence-electron chi connectivity index (χ2n) is 9.24. The third kappa shape index (κ3) is 5.51. The number of carbonyl (C=O) groups excluding carboxylic acids is 2. The Labute approximate surface area is 217 Å². The van der Waals surface area contributed by atoms with Crippen molar-refractivity contribution in [2.45, 2.75) is 26.4 Å². The highest BCUT2D eigenvalue weighted by molar-refractivity contribution is 7.97. The molecule has 0 saturated heterocycles. The Morgan fingerprint density at radius 2 is 1.19 bits per heavy atom. The van der Waals surface area contributed by atoms with E-state index in [9.17, 15) is 9.59 Å². The maximum absolute atomic E-state index is 14.1. The van der Waals surface area contributed by atoms with Crippen LogP contribution < -0.4 is 15.9 Å². The topological polar surface area (TPSA) is 43.4 Å². The van der Waals surface area contributed by atoms with Crippen molar-refractivity contribution in [3.05, 3.63) is 119 Å². The fraction of sp³-hybridized carbons (Fsp3) is 0.129. The largest absolute Gasteiger partial charge is 0.456 e. The molecule has 182 valence electrons. The molecule has 0 unspecified atom stereocenters. The Morgan fingerprint density at radius 1 is 0.722 bits per heavy atom. The number of benzene rings is 3. The van der Waals surface area contributed by atoms with Crippen LogP contribution >= 0.6 is 18.2 Å². The first-order valence-electron chi connectivity index (χ1n) is 11.7. The first-order chi connectivity index (χ1) is 17.3. The Kier molecular flexibility index (Phi) is 7.88. The summed E-state index contributed by atoms with van der Waals surface area (Å²) in [6.45, 7) is 2.54. The summed E-state index contributed by atoms with van der Waals surface area (Å²) in [5.41, 5.74) is -0.764. The van der Waals surface area contributed by atoms with E-state index in [-0.39, 0.29) is 11.1 Å². The zero-order valence-corrected chi connectivity index (χ0v) is 22.3. The highest BCUT2D eigenvalue weighted by atomic mass is 32.1. The lowest BCUT2D eigenvalue weighted by atomic mass is 10.2. The molecule has 0 amide bonds. The lowest BCUT2D eigenvalue weighted by molar-refractivity contribution is -0.146. The van der Waals surface area contributed by atoms with Crippen molar-refractivity contribution < 1.29 is 14.3 Å². The number of hydrogen-bond donors (Lipinski definition) is 0. The van der Waals surface area contributed by atoms with Crippen LogP contribution in [0.5, 0.6) is 0 Å². The summed E-state index contributed by atoms with van der Waals surface area (Å²) in [6.07, 6.45) is 3.28. The molecule has 36 heavy (non-hydrogen) atoms. The number of allylic oxidation sites excluding steroid dienone is 1. The fourth-order valence-corrected chi connectivity index (χ4v) is 9.01. The molecule has 0 N–H and O–H groups in total. The molecule has 0 aliphatic heterocycles. The lowest BCUT2D eigenvalue weighted by Gasteiger charge is -2.32. The number of carbonyl (C=O) groups is 2. The van der Waals surface area contributed by atoms with E-state index >= 15 is 0 Å². The highest BCUT2D eigenvalue weighted by Gasteiger charge is 2.38. The van der Waals surface area contributed by atoms with Gasteiger partial charge in [-0.2, -0.15) is 0 Å². The van der Waals surface area contributed by atoms with E-state index in [1.54, 1.807) is 6.08 Å². The summed E-state index contributed by atoms with van der Waals surface area (Å²) in [7, 11) is 0. The maximum Gasteiger partial charge on any atom is 0.343 e. The summed E-state index contributed by atoms with van der Waals surface area (Å²) in [5, 5.41) is 4.87. The van der Waals surface area contributed by atoms with E-state index in [0.717, 1.165) is 20.8 Å². The number of hydrogen-bond acceptors (Lipinski definition) is 4. The predicted molar refractivity (Wildman–Crippen MR) is 154 cm³/mol. The van der Waals surface area contributed by atoms with E-state index in [2.05, 4.69) is 0 Å². The minimum atomic E-state index is -2.92. The van der Waals surface area contributed by atoms with Gasteiger partial charge in [0.25, 0.3) is 0 Å². The molecular weight excluding hydrogens is 483 g/mol. The summed E-state index contributed by atoms with van der Waals surface area (Å²) >= 11 is 1.54. The number of esters is 1. The van der Waals surface area contributed by atoms with Crippen LogP contribution in [0, 0.1) is 0 Å². The molecule has 0 atom stereocenters. The minimum Gasteiger partial charge on any atom is -0.456 e. The third-order valence-corrected chi connectivity index (χ3v) is 10.7. The maximum atomic E-state index is 14.1. The third-order valence-electron chi connectivity index (χ3n) is 5.53. The van der Waals surface area contributed by atoms with Crippen molar-refractivity contribution in [2.75, 3.05) is 0 Å². The van der Waals surface area contributed by atoms with E-state index in [1.807, 2.05) is 129 Å². The van der Waals surface area contributed by atoms with Gasteiger partial charge in [-0.05, 0) is 67.2 Å². The fourth-order valence-electron chi connectivity index (χ4n) is 4.14. The highest BCUT2D eigenvalue weighted by Crippen LogP contribution is 2.47. The molecule has 0 fully saturated rings. The summed E-state index contributed by atoms with van der Waals surface area (Å²) in [6, 6.07) is 33.5. The van der Waals surface area contributed by atoms with Crippen molar-refractivity contribution in [2.24, 2.45) is 0 Å². The van der Waals surface area contributed by atoms with Gasteiger partial charge in [0.2, 0.25) is 0 Å². The molecule has 1 heterocycles. The average molecular weight is 513 g/mol. The van der Waals surface area contributed by atoms with Gasteiger partial charge in [0.1, 0.15) is 10.9 Å². The minimum absolute atomic E-state index is 0.161. The Morgan fingerprint density at radius 3 is 1.58 bits per heavy atom. The number of ether oxygens (including phenoxy) is 1. The number of rotatable bonds is 7. The van der Waals surface area contributed by atoms with E-state index in [1.165, 1.54) is 17.4 Å². The van der Waals surface area contributed by atoms with Crippen LogP contribution in [0.1, 0.15) is 25.6 Å². The van der Waals surface area contributed by atoms with Gasteiger partial charge < -0.3 is 4.74 Å². The lowest BCUT2D eigenvalue weighted by Crippen LogP contribution is -2.40. The van der Waals surface area contributed by atoms with Gasteiger partial charge in [0.05, 0.1) is 0 Å². The second kappa shape index (κ2) is 11.1.